The molecular weight excluding hydrogens is 230 g/mol. The molecular formula is C13H17N3O2. The van der Waals surface area contributed by atoms with Gasteiger partial charge in [-0.3, -0.25) is 9.59 Å². The van der Waals surface area contributed by atoms with Crippen LogP contribution in [0.1, 0.15) is 15.9 Å². The van der Waals surface area contributed by atoms with E-state index in [4.69, 9.17) is 5.73 Å². The number of rotatable bonds is 1. The van der Waals surface area contributed by atoms with Crippen LogP contribution in [-0.4, -0.2) is 48.3 Å². The highest BCUT2D eigenvalue weighted by atomic mass is 16.2. The number of benzene rings is 1. The standard InChI is InChI=1S/C13H17N3O2/c1-9-3-4-11(14)10(7-9)13(18)16-6-5-15(2)12(17)8-16/h3-4,7H,5-6,8,14H2,1-2H3. The molecule has 0 spiro atoms. The molecule has 0 unspecified atom stereocenters. The Balaban J connectivity index is 2.21. The molecule has 1 saturated heterocycles. The maximum absolute atomic E-state index is 12.3. The van der Waals surface area contributed by atoms with Crippen LogP contribution >= 0.6 is 0 Å². The van der Waals surface area contributed by atoms with Crippen LogP contribution in [0.25, 0.3) is 0 Å². The first-order valence-electron chi connectivity index (χ1n) is 5.88. The largest absolute Gasteiger partial charge is 0.398 e. The van der Waals surface area contributed by atoms with E-state index in [1.165, 1.54) is 0 Å². The Labute approximate surface area is 106 Å². The molecule has 2 rings (SSSR count). The van der Waals surface area contributed by atoms with E-state index in [1.54, 1.807) is 29.0 Å². The molecule has 2 N–H and O–H groups in total. The SMILES string of the molecule is Cc1ccc(N)c(C(=O)N2CCN(C)C(=O)C2)c1. The van der Waals surface area contributed by atoms with Crippen molar-refractivity contribution < 1.29 is 9.59 Å². The number of anilines is 1. The van der Waals surface area contributed by atoms with Crippen LogP contribution in [0.2, 0.25) is 0 Å². The number of hydrogen-bond acceptors (Lipinski definition) is 3. The summed E-state index contributed by atoms with van der Waals surface area (Å²) in [6.45, 7) is 3.15. The van der Waals surface area contributed by atoms with Crippen LogP contribution in [0.5, 0.6) is 0 Å². The van der Waals surface area contributed by atoms with Gasteiger partial charge in [0, 0.05) is 25.8 Å². The maximum atomic E-state index is 12.3. The predicted molar refractivity (Wildman–Crippen MR) is 69.1 cm³/mol. The number of piperazine rings is 1. The van der Waals surface area contributed by atoms with Gasteiger partial charge in [0.15, 0.2) is 0 Å². The van der Waals surface area contributed by atoms with Crippen molar-refractivity contribution in [3.05, 3.63) is 29.3 Å². The Morgan fingerprint density at radius 1 is 1.33 bits per heavy atom. The molecule has 0 saturated carbocycles. The molecule has 1 aliphatic rings. The molecule has 5 heteroatoms. The fourth-order valence-electron chi connectivity index (χ4n) is 1.96. The van der Waals surface area contributed by atoms with Gasteiger partial charge in [-0.15, -0.1) is 0 Å². The highest BCUT2D eigenvalue weighted by molar-refractivity contribution is 6.01. The smallest absolute Gasteiger partial charge is 0.256 e. The summed E-state index contributed by atoms with van der Waals surface area (Å²) in [5.74, 6) is -0.210. The number of carbonyl (C=O) groups excluding carboxylic acids is 2. The van der Waals surface area contributed by atoms with Crippen molar-refractivity contribution in [1.82, 2.24) is 9.80 Å². The van der Waals surface area contributed by atoms with E-state index in [2.05, 4.69) is 0 Å². The predicted octanol–water partition coefficient (Wildman–Crippen LogP) is 0.491. The lowest BCUT2D eigenvalue weighted by molar-refractivity contribution is -0.133. The summed E-state index contributed by atoms with van der Waals surface area (Å²) in [5.41, 5.74) is 7.73. The molecule has 5 nitrogen and oxygen atoms in total. The normalized spacial score (nSPS) is 16.0. The van der Waals surface area contributed by atoms with Gasteiger partial charge in [0.05, 0.1) is 5.56 Å². The molecule has 0 radical (unpaired) electrons. The fourth-order valence-corrected chi connectivity index (χ4v) is 1.96. The van der Waals surface area contributed by atoms with Gasteiger partial charge < -0.3 is 15.5 Å². The molecule has 0 atom stereocenters. The van der Waals surface area contributed by atoms with Crippen molar-refractivity contribution in [2.24, 2.45) is 0 Å². The lowest BCUT2D eigenvalue weighted by Gasteiger charge is -2.32. The van der Waals surface area contributed by atoms with Gasteiger partial charge in [-0.25, -0.2) is 0 Å². The number of likely N-dealkylation sites (N-methyl/N-ethyl adjacent to an activating group) is 1. The van der Waals surface area contributed by atoms with E-state index in [0.717, 1.165) is 5.56 Å². The third-order valence-corrected chi connectivity index (χ3v) is 3.18. The average molecular weight is 247 g/mol. The van der Waals surface area contributed by atoms with Gasteiger partial charge in [-0.1, -0.05) is 11.6 Å². The summed E-state index contributed by atoms with van der Waals surface area (Å²) in [6.07, 6.45) is 0. The summed E-state index contributed by atoms with van der Waals surface area (Å²) >= 11 is 0. The van der Waals surface area contributed by atoms with Gasteiger partial charge in [0.1, 0.15) is 6.54 Å². The van der Waals surface area contributed by atoms with Crippen molar-refractivity contribution in [1.29, 1.82) is 0 Å². The summed E-state index contributed by atoms with van der Waals surface area (Å²) in [6, 6.07) is 5.35. The number of nitrogen functional groups attached to an aromatic ring is 1. The summed E-state index contributed by atoms with van der Waals surface area (Å²) < 4.78 is 0. The zero-order chi connectivity index (χ0) is 13.3. The van der Waals surface area contributed by atoms with E-state index in [-0.39, 0.29) is 18.4 Å². The molecule has 96 valence electrons. The Morgan fingerprint density at radius 3 is 2.72 bits per heavy atom. The van der Waals surface area contributed by atoms with E-state index < -0.39 is 0 Å². The number of nitrogens with two attached hydrogens (primary N) is 1. The molecule has 18 heavy (non-hydrogen) atoms. The number of amides is 2. The van der Waals surface area contributed by atoms with Crippen molar-refractivity contribution in [2.75, 3.05) is 32.4 Å². The van der Waals surface area contributed by atoms with Crippen molar-refractivity contribution in [3.63, 3.8) is 0 Å². The van der Waals surface area contributed by atoms with Crippen molar-refractivity contribution >= 4 is 17.5 Å². The van der Waals surface area contributed by atoms with Crippen LogP contribution in [0.3, 0.4) is 0 Å². The second-order valence-electron chi connectivity index (χ2n) is 4.63. The number of aryl methyl sites for hydroxylation is 1. The van der Waals surface area contributed by atoms with Crippen LogP contribution in [0.4, 0.5) is 5.69 Å². The Bertz CT molecular complexity index is 499. The molecule has 1 fully saturated rings. The first-order chi connectivity index (χ1) is 8.49. The first kappa shape index (κ1) is 12.4. The average Bonchev–Trinajstić information content (AvgIpc) is 2.35. The Hall–Kier alpha value is -2.04. The number of nitrogens with zero attached hydrogens (tertiary/aromatic N) is 2. The van der Waals surface area contributed by atoms with Gasteiger partial charge >= 0.3 is 0 Å². The topological polar surface area (TPSA) is 66.6 Å². The summed E-state index contributed by atoms with van der Waals surface area (Å²) in [5, 5.41) is 0. The Kier molecular flexibility index (Phi) is 3.23. The number of carbonyl (C=O) groups is 2. The van der Waals surface area contributed by atoms with E-state index in [1.807, 2.05) is 13.0 Å². The highest BCUT2D eigenvalue weighted by Gasteiger charge is 2.26. The van der Waals surface area contributed by atoms with Crippen LogP contribution in [0, 0.1) is 6.92 Å². The molecule has 0 aliphatic carbocycles. The van der Waals surface area contributed by atoms with E-state index in [0.29, 0.717) is 24.3 Å². The van der Waals surface area contributed by atoms with Gasteiger partial charge in [0.2, 0.25) is 5.91 Å². The third kappa shape index (κ3) is 2.30. The third-order valence-electron chi connectivity index (χ3n) is 3.18. The molecule has 2 amide bonds. The fraction of sp³-hybridized carbons (Fsp3) is 0.385. The lowest BCUT2D eigenvalue weighted by Crippen LogP contribution is -2.50. The molecule has 1 heterocycles. The van der Waals surface area contributed by atoms with Crippen LogP contribution < -0.4 is 5.73 Å². The van der Waals surface area contributed by atoms with Gasteiger partial charge in [-0.2, -0.15) is 0 Å². The Morgan fingerprint density at radius 2 is 2.06 bits per heavy atom. The molecule has 1 aromatic rings. The number of hydrogen-bond donors (Lipinski definition) is 1. The minimum atomic E-state index is -0.169. The zero-order valence-electron chi connectivity index (χ0n) is 10.6. The van der Waals surface area contributed by atoms with E-state index in [9.17, 15) is 9.59 Å². The van der Waals surface area contributed by atoms with Crippen LogP contribution in [-0.2, 0) is 4.79 Å². The van der Waals surface area contributed by atoms with Gasteiger partial charge in [-0.05, 0) is 19.1 Å². The second kappa shape index (κ2) is 4.68. The van der Waals surface area contributed by atoms with Crippen molar-refractivity contribution in [3.8, 4) is 0 Å². The molecule has 1 aromatic carbocycles. The van der Waals surface area contributed by atoms with Crippen molar-refractivity contribution in [2.45, 2.75) is 6.92 Å². The summed E-state index contributed by atoms with van der Waals surface area (Å²) in [7, 11) is 1.74. The summed E-state index contributed by atoms with van der Waals surface area (Å²) in [4.78, 5) is 27.1. The molecule has 1 aliphatic heterocycles. The first-order valence-corrected chi connectivity index (χ1v) is 5.88. The zero-order valence-corrected chi connectivity index (χ0v) is 10.6. The second-order valence-corrected chi connectivity index (χ2v) is 4.63. The van der Waals surface area contributed by atoms with E-state index >= 15 is 0 Å². The minimum Gasteiger partial charge on any atom is -0.398 e. The lowest BCUT2D eigenvalue weighted by atomic mass is 10.1. The molecule has 0 aromatic heterocycles. The maximum Gasteiger partial charge on any atom is 0.256 e. The highest BCUT2D eigenvalue weighted by Crippen LogP contribution is 2.17. The monoisotopic (exact) mass is 247 g/mol. The van der Waals surface area contributed by atoms with Crippen LogP contribution in [0.15, 0.2) is 18.2 Å². The van der Waals surface area contributed by atoms with Gasteiger partial charge in [0.25, 0.3) is 5.91 Å². The molecule has 0 bridgehead atoms. The quantitative estimate of drug-likeness (QED) is 0.734. The minimum absolute atomic E-state index is 0.0409.